The fraction of sp³-hybridized carbons (Fsp3) is 0.647. The van der Waals surface area contributed by atoms with E-state index in [0.29, 0.717) is 12.5 Å². The topological polar surface area (TPSA) is 79.7 Å². The third-order valence-electron chi connectivity index (χ3n) is 4.59. The molecule has 1 aliphatic heterocycles. The zero-order chi connectivity index (χ0) is 17.3. The molecule has 24 heavy (non-hydrogen) atoms. The van der Waals surface area contributed by atoms with E-state index in [1.165, 1.54) is 0 Å². The summed E-state index contributed by atoms with van der Waals surface area (Å²) in [5, 5.41) is 6.85. The number of aryl methyl sites for hydroxylation is 1. The maximum Gasteiger partial charge on any atom is 0.343 e. The van der Waals surface area contributed by atoms with Crippen LogP contribution in [0.2, 0.25) is 0 Å². The Labute approximate surface area is 142 Å². The van der Waals surface area contributed by atoms with Gasteiger partial charge < -0.3 is 4.90 Å². The lowest BCUT2D eigenvalue weighted by molar-refractivity contribution is 0.468. The average Bonchev–Trinajstić information content (AvgIpc) is 2.95. The van der Waals surface area contributed by atoms with E-state index in [1.54, 1.807) is 4.57 Å². The van der Waals surface area contributed by atoms with Gasteiger partial charge in [0.25, 0.3) is 0 Å². The number of nitrogens with zero attached hydrogens (tertiary/aromatic N) is 5. The summed E-state index contributed by atoms with van der Waals surface area (Å²) in [4.78, 5) is 23.4. The Morgan fingerprint density at radius 3 is 2.88 bits per heavy atom. The summed E-state index contributed by atoms with van der Waals surface area (Å²) in [6.45, 7) is 10.7. The number of hydrogen-bond donors (Lipinski definition) is 1. The average molecular weight is 330 g/mol. The molecular weight excluding hydrogens is 304 g/mol. The highest BCUT2D eigenvalue weighted by Crippen LogP contribution is 2.28. The van der Waals surface area contributed by atoms with Crippen molar-refractivity contribution in [3.05, 3.63) is 33.9 Å². The minimum atomic E-state index is -0.121. The fourth-order valence-corrected chi connectivity index (χ4v) is 3.34. The maximum atomic E-state index is 11.8. The largest absolute Gasteiger partial charge is 0.356 e. The number of H-pyrrole nitrogens is 1. The van der Waals surface area contributed by atoms with Crippen molar-refractivity contribution >= 4 is 5.82 Å². The summed E-state index contributed by atoms with van der Waals surface area (Å²) in [6.07, 6.45) is 2.11. The van der Waals surface area contributed by atoms with Crippen molar-refractivity contribution in [2.24, 2.45) is 0 Å². The molecule has 3 heterocycles. The van der Waals surface area contributed by atoms with Crippen LogP contribution in [-0.4, -0.2) is 37.8 Å². The molecule has 0 aliphatic carbocycles. The second-order valence-electron chi connectivity index (χ2n) is 6.80. The van der Waals surface area contributed by atoms with Crippen LogP contribution in [0.25, 0.3) is 0 Å². The van der Waals surface area contributed by atoms with Crippen molar-refractivity contribution in [3.63, 3.8) is 0 Å². The lowest BCUT2D eigenvalue weighted by atomic mass is 9.97. The molecule has 0 spiro atoms. The van der Waals surface area contributed by atoms with Crippen LogP contribution >= 0.6 is 0 Å². The smallest absolute Gasteiger partial charge is 0.343 e. The Morgan fingerprint density at radius 2 is 2.17 bits per heavy atom. The van der Waals surface area contributed by atoms with Crippen molar-refractivity contribution in [2.75, 3.05) is 18.0 Å². The second kappa shape index (κ2) is 6.75. The third-order valence-corrected chi connectivity index (χ3v) is 4.59. The third kappa shape index (κ3) is 3.20. The number of rotatable bonds is 4. The standard InChI is InChI=1S/C17H26N6O/c1-5-23-16(20-21-17(23)24)13-7-6-8-22(10-13)14-9-12(4)18-15(19-14)11(2)3/h9,11,13H,5-8,10H2,1-4H3,(H,21,24)/t13-/m1/s1. The molecule has 0 saturated carbocycles. The molecule has 0 radical (unpaired) electrons. The summed E-state index contributed by atoms with van der Waals surface area (Å²) in [5.74, 6) is 3.28. The molecule has 3 rings (SSSR count). The Balaban J connectivity index is 1.87. The van der Waals surface area contributed by atoms with E-state index in [0.717, 1.165) is 49.1 Å². The van der Waals surface area contributed by atoms with Gasteiger partial charge in [0.05, 0.1) is 0 Å². The first-order chi connectivity index (χ1) is 11.5. The molecular formula is C17H26N6O. The number of aromatic nitrogens is 5. The van der Waals surface area contributed by atoms with Gasteiger partial charge in [0, 0.05) is 43.2 Å². The summed E-state index contributed by atoms with van der Waals surface area (Å²) >= 11 is 0. The highest BCUT2D eigenvalue weighted by atomic mass is 16.1. The Kier molecular flexibility index (Phi) is 4.69. The molecule has 0 aromatic carbocycles. The molecule has 1 saturated heterocycles. The number of anilines is 1. The van der Waals surface area contributed by atoms with E-state index < -0.39 is 0 Å². The molecule has 7 nitrogen and oxygen atoms in total. The van der Waals surface area contributed by atoms with Gasteiger partial charge in [-0.1, -0.05) is 13.8 Å². The van der Waals surface area contributed by atoms with Gasteiger partial charge in [0.15, 0.2) is 0 Å². The summed E-state index contributed by atoms with van der Waals surface area (Å²) < 4.78 is 1.74. The maximum absolute atomic E-state index is 11.8. The molecule has 1 N–H and O–H groups in total. The fourth-order valence-electron chi connectivity index (χ4n) is 3.34. The van der Waals surface area contributed by atoms with E-state index in [2.05, 4.69) is 33.9 Å². The molecule has 7 heteroatoms. The molecule has 1 atom stereocenters. The Bertz CT molecular complexity index is 763. The van der Waals surface area contributed by atoms with E-state index >= 15 is 0 Å². The van der Waals surface area contributed by atoms with Crippen LogP contribution < -0.4 is 10.6 Å². The number of nitrogens with one attached hydrogen (secondary N) is 1. The van der Waals surface area contributed by atoms with Crippen LogP contribution in [0.1, 0.15) is 62.8 Å². The number of aromatic amines is 1. The molecule has 0 unspecified atom stereocenters. The van der Waals surface area contributed by atoms with Gasteiger partial charge in [-0.25, -0.2) is 19.9 Å². The van der Waals surface area contributed by atoms with Gasteiger partial charge in [-0.15, -0.1) is 0 Å². The quantitative estimate of drug-likeness (QED) is 0.929. The Hall–Kier alpha value is -2.18. The van der Waals surface area contributed by atoms with Crippen LogP contribution in [-0.2, 0) is 6.54 Å². The molecule has 0 bridgehead atoms. The highest BCUT2D eigenvalue weighted by molar-refractivity contribution is 5.41. The minimum absolute atomic E-state index is 0.121. The van der Waals surface area contributed by atoms with Gasteiger partial charge in [-0.05, 0) is 26.7 Å². The highest BCUT2D eigenvalue weighted by Gasteiger charge is 2.27. The van der Waals surface area contributed by atoms with Crippen LogP contribution in [0.15, 0.2) is 10.9 Å². The summed E-state index contributed by atoms with van der Waals surface area (Å²) in [5.41, 5.74) is 0.876. The minimum Gasteiger partial charge on any atom is -0.356 e. The molecule has 2 aromatic rings. The lowest BCUT2D eigenvalue weighted by Gasteiger charge is -2.33. The van der Waals surface area contributed by atoms with Crippen molar-refractivity contribution in [1.29, 1.82) is 0 Å². The van der Waals surface area contributed by atoms with Crippen LogP contribution in [0.4, 0.5) is 5.82 Å². The van der Waals surface area contributed by atoms with Crippen LogP contribution in [0.3, 0.4) is 0 Å². The van der Waals surface area contributed by atoms with Crippen molar-refractivity contribution in [3.8, 4) is 0 Å². The number of piperidine rings is 1. The van der Waals surface area contributed by atoms with E-state index in [4.69, 9.17) is 4.98 Å². The van der Waals surface area contributed by atoms with E-state index in [-0.39, 0.29) is 11.6 Å². The zero-order valence-electron chi connectivity index (χ0n) is 14.9. The summed E-state index contributed by atoms with van der Waals surface area (Å²) in [7, 11) is 0. The van der Waals surface area contributed by atoms with Crippen molar-refractivity contribution in [1.82, 2.24) is 24.7 Å². The van der Waals surface area contributed by atoms with Crippen molar-refractivity contribution < 1.29 is 0 Å². The van der Waals surface area contributed by atoms with Crippen LogP contribution in [0.5, 0.6) is 0 Å². The molecule has 130 valence electrons. The SMILES string of the molecule is CCn1c([C@@H]2CCCN(c3cc(C)nc(C(C)C)n3)C2)n[nH]c1=O. The number of hydrogen-bond acceptors (Lipinski definition) is 5. The Morgan fingerprint density at radius 1 is 1.38 bits per heavy atom. The van der Waals surface area contributed by atoms with E-state index in [1.807, 2.05) is 19.9 Å². The molecule has 1 aliphatic rings. The van der Waals surface area contributed by atoms with Crippen molar-refractivity contribution in [2.45, 2.75) is 58.9 Å². The van der Waals surface area contributed by atoms with Gasteiger partial charge >= 0.3 is 5.69 Å². The molecule has 1 fully saturated rings. The predicted octanol–water partition coefficient (Wildman–Crippen LogP) is 2.20. The zero-order valence-corrected chi connectivity index (χ0v) is 14.9. The first kappa shape index (κ1) is 16.7. The lowest BCUT2D eigenvalue weighted by Crippen LogP contribution is -2.36. The molecule has 2 aromatic heterocycles. The van der Waals surface area contributed by atoms with Gasteiger partial charge in [-0.3, -0.25) is 4.57 Å². The van der Waals surface area contributed by atoms with Gasteiger partial charge in [0.1, 0.15) is 17.5 Å². The molecule has 0 amide bonds. The first-order valence-corrected chi connectivity index (χ1v) is 8.75. The van der Waals surface area contributed by atoms with Gasteiger partial charge in [0.2, 0.25) is 0 Å². The normalized spacial score (nSPS) is 18.4. The predicted molar refractivity (Wildman–Crippen MR) is 93.6 cm³/mol. The van der Waals surface area contributed by atoms with Gasteiger partial charge in [-0.2, -0.15) is 5.10 Å². The van der Waals surface area contributed by atoms with Crippen LogP contribution in [0, 0.1) is 6.92 Å². The van der Waals surface area contributed by atoms with E-state index in [9.17, 15) is 4.79 Å². The second-order valence-corrected chi connectivity index (χ2v) is 6.80. The monoisotopic (exact) mass is 330 g/mol. The first-order valence-electron chi connectivity index (χ1n) is 8.75. The summed E-state index contributed by atoms with van der Waals surface area (Å²) in [6, 6.07) is 2.05.